The number of aromatic nitrogens is 4. The quantitative estimate of drug-likeness (QED) is 0.475. The average Bonchev–Trinajstić information content (AvgIpc) is 3.10. The van der Waals surface area contributed by atoms with Crippen molar-refractivity contribution in [2.45, 2.75) is 13.1 Å². The predicted octanol–water partition coefficient (Wildman–Crippen LogP) is 4.30. The van der Waals surface area contributed by atoms with Crippen molar-refractivity contribution in [1.29, 1.82) is 0 Å². The van der Waals surface area contributed by atoms with Crippen LogP contribution >= 0.6 is 0 Å². The van der Waals surface area contributed by atoms with Crippen LogP contribution in [0.3, 0.4) is 0 Å². The van der Waals surface area contributed by atoms with Gasteiger partial charge >= 0.3 is 0 Å². The van der Waals surface area contributed by atoms with Crippen LogP contribution in [0.5, 0.6) is 11.5 Å². The van der Waals surface area contributed by atoms with Gasteiger partial charge in [-0.25, -0.2) is 0 Å². The molecule has 29 heavy (non-hydrogen) atoms. The highest BCUT2D eigenvalue weighted by molar-refractivity contribution is 5.63. The van der Waals surface area contributed by atoms with Crippen LogP contribution in [-0.4, -0.2) is 31.7 Å². The van der Waals surface area contributed by atoms with Crippen molar-refractivity contribution < 1.29 is 4.74 Å². The molecule has 2 aromatic carbocycles. The van der Waals surface area contributed by atoms with Crippen molar-refractivity contribution in [3.8, 4) is 22.8 Å². The summed E-state index contributed by atoms with van der Waals surface area (Å²) in [4.78, 5) is 10.7. The fraction of sp³-hybridized carbons (Fsp3) is 0.174. The molecule has 4 aromatic rings. The Morgan fingerprint density at radius 3 is 2.41 bits per heavy atom. The molecule has 4 rings (SSSR count). The molecule has 0 bridgehead atoms. The Hall–Kier alpha value is -3.51. The standard InChI is InChI=1S/C23H23N5O/c1-27(17-20-14-24-12-13-25-20)15-19-16-28(2)26-23(19)18-8-10-22(11-9-18)29-21-6-4-3-5-7-21/h3-14,16H,15,17H2,1-2H3. The Morgan fingerprint density at radius 2 is 1.69 bits per heavy atom. The molecule has 0 aliphatic heterocycles. The number of benzene rings is 2. The van der Waals surface area contributed by atoms with E-state index in [1.165, 1.54) is 0 Å². The maximum Gasteiger partial charge on any atom is 0.127 e. The van der Waals surface area contributed by atoms with Gasteiger partial charge < -0.3 is 4.74 Å². The highest BCUT2D eigenvalue weighted by atomic mass is 16.5. The third-order valence-corrected chi connectivity index (χ3v) is 4.50. The van der Waals surface area contributed by atoms with Crippen LogP contribution in [0, 0.1) is 0 Å². The van der Waals surface area contributed by atoms with E-state index in [4.69, 9.17) is 4.74 Å². The fourth-order valence-electron chi connectivity index (χ4n) is 3.24. The second kappa shape index (κ2) is 8.67. The fourth-order valence-corrected chi connectivity index (χ4v) is 3.24. The molecule has 0 saturated heterocycles. The van der Waals surface area contributed by atoms with Crippen molar-refractivity contribution in [2.75, 3.05) is 7.05 Å². The van der Waals surface area contributed by atoms with Crippen LogP contribution in [-0.2, 0) is 20.1 Å². The molecule has 0 atom stereocenters. The van der Waals surface area contributed by atoms with Crippen LogP contribution in [0.4, 0.5) is 0 Å². The number of aryl methyl sites for hydroxylation is 1. The summed E-state index contributed by atoms with van der Waals surface area (Å²) in [5.74, 6) is 1.63. The Bertz CT molecular complexity index is 1050. The molecule has 0 unspecified atom stereocenters. The van der Waals surface area contributed by atoms with Crippen LogP contribution in [0.2, 0.25) is 0 Å². The Kier molecular flexibility index (Phi) is 5.63. The molecule has 146 valence electrons. The van der Waals surface area contributed by atoms with Gasteiger partial charge in [0.2, 0.25) is 0 Å². The molecule has 0 N–H and O–H groups in total. The summed E-state index contributed by atoms with van der Waals surface area (Å²) in [6, 6.07) is 17.8. The zero-order chi connectivity index (χ0) is 20.1. The predicted molar refractivity (Wildman–Crippen MR) is 112 cm³/mol. The Labute approximate surface area is 170 Å². The molecule has 0 radical (unpaired) electrons. The smallest absolute Gasteiger partial charge is 0.127 e. The van der Waals surface area contributed by atoms with Gasteiger partial charge in [-0.2, -0.15) is 5.10 Å². The van der Waals surface area contributed by atoms with E-state index in [1.807, 2.05) is 66.3 Å². The van der Waals surface area contributed by atoms with E-state index in [2.05, 4.69) is 33.2 Å². The van der Waals surface area contributed by atoms with Crippen LogP contribution in [0.25, 0.3) is 11.3 Å². The lowest BCUT2D eigenvalue weighted by atomic mass is 10.1. The Morgan fingerprint density at radius 1 is 0.931 bits per heavy atom. The van der Waals surface area contributed by atoms with Gasteiger partial charge in [0.1, 0.15) is 11.5 Å². The van der Waals surface area contributed by atoms with Gasteiger partial charge in [0.15, 0.2) is 0 Å². The first-order valence-electron chi connectivity index (χ1n) is 9.46. The maximum absolute atomic E-state index is 5.89. The van der Waals surface area contributed by atoms with Crippen LogP contribution in [0.1, 0.15) is 11.3 Å². The zero-order valence-electron chi connectivity index (χ0n) is 16.6. The third kappa shape index (κ3) is 4.86. The first-order chi connectivity index (χ1) is 14.2. The molecule has 0 saturated carbocycles. The molecule has 0 fully saturated rings. The third-order valence-electron chi connectivity index (χ3n) is 4.50. The molecule has 2 heterocycles. The van der Waals surface area contributed by atoms with Crippen LogP contribution in [0.15, 0.2) is 79.4 Å². The SMILES string of the molecule is CN(Cc1cnccn1)Cc1cn(C)nc1-c1ccc(Oc2ccccc2)cc1. The zero-order valence-corrected chi connectivity index (χ0v) is 16.6. The minimum atomic E-state index is 0.728. The maximum atomic E-state index is 5.89. The lowest BCUT2D eigenvalue weighted by Gasteiger charge is -2.16. The highest BCUT2D eigenvalue weighted by Crippen LogP contribution is 2.27. The minimum Gasteiger partial charge on any atom is -0.457 e. The molecule has 0 spiro atoms. The Balaban J connectivity index is 1.49. The van der Waals surface area contributed by atoms with Crippen molar-refractivity contribution in [1.82, 2.24) is 24.6 Å². The highest BCUT2D eigenvalue weighted by Gasteiger charge is 2.13. The second-order valence-corrected chi connectivity index (χ2v) is 6.99. The molecule has 2 aromatic heterocycles. The van der Waals surface area contributed by atoms with Gasteiger partial charge in [0.25, 0.3) is 0 Å². The molecule has 6 heteroatoms. The molecule has 0 aliphatic rings. The van der Waals surface area contributed by atoms with E-state index < -0.39 is 0 Å². The van der Waals surface area contributed by atoms with Crippen molar-refractivity contribution >= 4 is 0 Å². The minimum absolute atomic E-state index is 0.728. The van der Waals surface area contributed by atoms with E-state index in [9.17, 15) is 0 Å². The van der Waals surface area contributed by atoms with Gasteiger partial charge in [-0.05, 0) is 43.4 Å². The summed E-state index contributed by atoms with van der Waals surface area (Å²) in [5, 5.41) is 4.68. The number of ether oxygens (including phenoxy) is 1. The number of nitrogens with zero attached hydrogens (tertiary/aromatic N) is 5. The van der Waals surface area contributed by atoms with Crippen molar-refractivity contribution in [2.24, 2.45) is 7.05 Å². The van der Waals surface area contributed by atoms with Gasteiger partial charge in [-0.15, -0.1) is 0 Å². The van der Waals surface area contributed by atoms with E-state index in [0.29, 0.717) is 0 Å². The first kappa shape index (κ1) is 18.8. The molecule has 0 aliphatic carbocycles. The van der Waals surface area contributed by atoms with E-state index in [-0.39, 0.29) is 0 Å². The summed E-state index contributed by atoms with van der Waals surface area (Å²) in [7, 11) is 4.02. The monoisotopic (exact) mass is 385 g/mol. The molecular formula is C23H23N5O. The molecular weight excluding hydrogens is 362 g/mol. The summed E-state index contributed by atoms with van der Waals surface area (Å²) in [6.45, 7) is 1.49. The lowest BCUT2D eigenvalue weighted by Crippen LogP contribution is -2.18. The lowest BCUT2D eigenvalue weighted by molar-refractivity contribution is 0.315. The summed E-state index contributed by atoms with van der Waals surface area (Å²) in [6.07, 6.45) is 7.27. The summed E-state index contributed by atoms with van der Waals surface area (Å²) in [5.41, 5.74) is 4.15. The first-order valence-corrected chi connectivity index (χ1v) is 9.46. The van der Waals surface area contributed by atoms with E-state index in [0.717, 1.165) is 47.1 Å². The topological polar surface area (TPSA) is 56.1 Å². The van der Waals surface area contributed by atoms with Gasteiger partial charge in [-0.3, -0.25) is 19.5 Å². The normalized spacial score (nSPS) is 11.0. The number of hydrogen-bond acceptors (Lipinski definition) is 5. The van der Waals surface area contributed by atoms with E-state index in [1.54, 1.807) is 18.6 Å². The molecule has 0 amide bonds. The summed E-state index contributed by atoms with van der Waals surface area (Å²) >= 11 is 0. The van der Waals surface area contributed by atoms with Gasteiger partial charge in [0, 0.05) is 56.1 Å². The second-order valence-electron chi connectivity index (χ2n) is 6.99. The largest absolute Gasteiger partial charge is 0.457 e. The van der Waals surface area contributed by atoms with Gasteiger partial charge in [-0.1, -0.05) is 18.2 Å². The van der Waals surface area contributed by atoms with Crippen molar-refractivity contribution in [3.05, 3.63) is 90.6 Å². The number of para-hydroxylation sites is 1. The van der Waals surface area contributed by atoms with E-state index >= 15 is 0 Å². The summed E-state index contributed by atoms with van der Waals surface area (Å²) < 4.78 is 7.75. The van der Waals surface area contributed by atoms with Crippen molar-refractivity contribution in [3.63, 3.8) is 0 Å². The molecule has 6 nitrogen and oxygen atoms in total. The number of rotatable bonds is 7. The number of hydrogen-bond donors (Lipinski definition) is 0. The van der Waals surface area contributed by atoms with Crippen LogP contribution < -0.4 is 4.74 Å². The average molecular weight is 385 g/mol. The van der Waals surface area contributed by atoms with Gasteiger partial charge in [0.05, 0.1) is 11.4 Å².